The summed E-state index contributed by atoms with van der Waals surface area (Å²) in [4.78, 5) is 35.5. The number of urea groups is 1. The first-order valence-corrected chi connectivity index (χ1v) is 9.96. The second-order valence-electron chi connectivity index (χ2n) is 8.27. The van der Waals surface area contributed by atoms with E-state index in [2.05, 4.69) is 16.2 Å². The molecule has 0 aromatic heterocycles. The van der Waals surface area contributed by atoms with Crippen molar-refractivity contribution in [2.24, 2.45) is 11.8 Å². The number of amides is 3. The lowest BCUT2D eigenvalue weighted by molar-refractivity contribution is -0.151. The van der Waals surface area contributed by atoms with Gasteiger partial charge >= 0.3 is 18.1 Å². The lowest BCUT2D eigenvalue weighted by Crippen LogP contribution is -2.49. The smallest absolute Gasteiger partial charge is 0.426 e. The number of nitrogens with one attached hydrogen (secondary N) is 3. The van der Waals surface area contributed by atoms with Gasteiger partial charge in [-0.3, -0.25) is 4.79 Å². The van der Waals surface area contributed by atoms with E-state index in [1.807, 2.05) is 30.3 Å². The van der Waals surface area contributed by atoms with Crippen LogP contribution in [0.1, 0.15) is 52.0 Å². The van der Waals surface area contributed by atoms with Gasteiger partial charge in [-0.05, 0) is 57.9 Å². The minimum Gasteiger partial charge on any atom is -0.461 e. The molecule has 160 valence electrons. The summed E-state index contributed by atoms with van der Waals surface area (Å²) in [6.07, 6.45) is 2.45. The molecule has 3 N–H and O–H groups in total. The SMILES string of the molecule is CC(C)(C)OC(=O)NNC(=O)NC[C@H]1CC[C@H](C(=O)OCc2ccccc2)CC1. The predicted octanol–water partition coefficient (Wildman–Crippen LogP) is 3.28. The predicted molar refractivity (Wildman–Crippen MR) is 108 cm³/mol. The number of carbonyl (C=O) groups excluding carboxylic acids is 3. The highest BCUT2D eigenvalue weighted by molar-refractivity contribution is 5.77. The number of hydrazine groups is 1. The van der Waals surface area contributed by atoms with Gasteiger partial charge in [0.15, 0.2) is 0 Å². The first-order chi connectivity index (χ1) is 13.7. The molecule has 2 rings (SSSR count). The summed E-state index contributed by atoms with van der Waals surface area (Å²) >= 11 is 0. The second kappa shape index (κ2) is 10.7. The van der Waals surface area contributed by atoms with E-state index in [1.165, 1.54) is 0 Å². The topological polar surface area (TPSA) is 106 Å². The van der Waals surface area contributed by atoms with Crippen LogP contribution in [0.15, 0.2) is 30.3 Å². The van der Waals surface area contributed by atoms with Crippen molar-refractivity contribution in [2.75, 3.05) is 6.54 Å². The molecule has 0 unspecified atom stereocenters. The highest BCUT2D eigenvalue weighted by atomic mass is 16.6. The van der Waals surface area contributed by atoms with Crippen LogP contribution in [0.4, 0.5) is 9.59 Å². The van der Waals surface area contributed by atoms with Crippen LogP contribution in [0.25, 0.3) is 0 Å². The van der Waals surface area contributed by atoms with Crippen molar-refractivity contribution in [1.29, 1.82) is 0 Å². The number of carbonyl (C=O) groups is 3. The van der Waals surface area contributed by atoms with E-state index >= 15 is 0 Å². The van der Waals surface area contributed by atoms with Gasteiger partial charge in [0, 0.05) is 6.54 Å². The van der Waals surface area contributed by atoms with Gasteiger partial charge in [0.1, 0.15) is 12.2 Å². The Kier molecular flexibility index (Phi) is 8.30. The molecule has 0 aliphatic heterocycles. The number of benzene rings is 1. The molecule has 1 aliphatic carbocycles. The lowest BCUT2D eigenvalue weighted by Gasteiger charge is -2.27. The molecule has 1 fully saturated rings. The summed E-state index contributed by atoms with van der Waals surface area (Å²) in [5.41, 5.74) is 4.79. The summed E-state index contributed by atoms with van der Waals surface area (Å²) in [5, 5.41) is 2.72. The fourth-order valence-corrected chi connectivity index (χ4v) is 3.14. The normalized spacial score (nSPS) is 19.0. The Labute approximate surface area is 171 Å². The molecule has 1 aromatic carbocycles. The molecule has 1 aliphatic rings. The maximum absolute atomic E-state index is 12.2. The maximum Gasteiger partial charge on any atom is 0.426 e. The number of hydrogen-bond donors (Lipinski definition) is 3. The van der Waals surface area contributed by atoms with Crippen LogP contribution >= 0.6 is 0 Å². The summed E-state index contributed by atoms with van der Waals surface area (Å²) in [6, 6.07) is 9.12. The van der Waals surface area contributed by atoms with Crippen LogP contribution in [0.3, 0.4) is 0 Å². The van der Waals surface area contributed by atoms with Gasteiger partial charge in [-0.2, -0.15) is 0 Å². The van der Waals surface area contributed by atoms with Crippen molar-refractivity contribution in [3.05, 3.63) is 35.9 Å². The zero-order valence-corrected chi connectivity index (χ0v) is 17.3. The first kappa shape index (κ1) is 22.5. The van der Waals surface area contributed by atoms with Gasteiger partial charge < -0.3 is 14.8 Å². The van der Waals surface area contributed by atoms with E-state index in [0.29, 0.717) is 19.1 Å². The summed E-state index contributed by atoms with van der Waals surface area (Å²) in [7, 11) is 0. The summed E-state index contributed by atoms with van der Waals surface area (Å²) < 4.78 is 10.4. The third-order valence-electron chi connectivity index (χ3n) is 4.63. The van der Waals surface area contributed by atoms with E-state index in [0.717, 1.165) is 31.2 Å². The van der Waals surface area contributed by atoms with E-state index in [9.17, 15) is 14.4 Å². The maximum atomic E-state index is 12.2. The van der Waals surface area contributed by atoms with Crippen molar-refractivity contribution in [3.63, 3.8) is 0 Å². The molecule has 1 aromatic rings. The Morgan fingerprint density at radius 2 is 1.66 bits per heavy atom. The van der Waals surface area contributed by atoms with Gasteiger partial charge in [-0.1, -0.05) is 30.3 Å². The fourth-order valence-electron chi connectivity index (χ4n) is 3.14. The van der Waals surface area contributed by atoms with Gasteiger partial charge in [0.25, 0.3) is 0 Å². The molecular weight excluding hydrogens is 374 g/mol. The van der Waals surface area contributed by atoms with Crippen molar-refractivity contribution in [3.8, 4) is 0 Å². The average molecular weight is 405 g/mol. The molecule has 8 heteroatoms. The fraction of sp³-hybridized carbons (Fsp3) is 0.571. The monoisotopic (exact) mass is 405 g/mol. The number of hydrogen-bond acceptors (Lipinski definition) is 5. The highest BCUT2D eigenvalue weighted by Gasteiger charge is 2.27. The van der Waals surface area contributed by atoms with Crippen molar-refractivity contribution in [1.82, 2.24) is 16.2 Å². The molecule has 0 atom stereocenters. The van der Waals surface area contributed by atoms with Crippen LogP contribution < -0.4 is 16.2 Å². The summed E-state index contributed by atoms with van der Waals surface area (Å²) in [6.45, 7) is 5.99. The number of esters is 1. The molecule has 3 amide bonds. The Bertz CT molecular complexity index is 679. The molecule has 8 nitrogen and oxygen atoms in total. The van der Waals surface area contributed by atoms with E-state index in [1.54, 1.807) is 20.8 Å². The second-order valence-corrected chi connectivity index (χ2v) is 8.27. The van der Waals surface area contributed by atoms with Crippen LogP contribution in [0, 0.1) is 11.8 Å². The number of ether oxygens (including phenoxy) is 2. The van der Waals surface area contributed by atoms with Crippen molar-refractivity contribution < 1.29 is 23.9 Å². The zero-order valence-electron chi connectivity index (χ0n) is 17.3. The third kappa shape index (κ3) is 8.85. The Morgan fingerprint density at radius 1 is 1.00 bits per heavy atom. The average Bonchev–Trinajstić information content (AvgIpc) is 2.69. The Balaban J connectivity index is 1.59. The summed E-state index contributed by atoms with van der Waals surface area (Å²) in [5.74, 6) is 0.0534. The van der Waals surface area contributed by atoms with Crippen molar-refractivity contribution >= 4 is 18.1 Å². The molecule has 0 bridgehead atoms. The van der Waals surface area contributed by atoms with Gasteiger partial charge in [0.2, 0.25) is 0 Å². The van der Waals surface area contributed by atoms with Crippen molar-refractivity contribution in [2.45, 2.75) is 58.7 Å². The van der Waals surface area contributed by atoms with Gasteiger partial charge in [-0.15, -0.1) is 0 Å². The van der Waals surface area contributed by atoms with Crippen LogP contribution in [0.2, 0.25) is 0 Å². The minimum absolute atomic E-state index is 0.0855. The largest absolute Gasteiger partial charge is 0.461 e. The van der Waals surface area contributed by atoms with Crippen LogP contribution in [-0.4, -0.2) is 30.2 Å². The zero-order chi connectivity index (χ0) is 21.3. The first-order valence-electron chi connectivity index (χ1n) is 9.96. The lowest BCUT2D eigenvalue weighted by atomic mass is 9.82. The van der Waals surface area contributed by atoms with Gasteiger partial charge in [-0.25, -0.2) is 20.4 Å². The molecule has 29 heavy (non-hydrogen) atoms. The molecule has 0 radical (unpaired) electrons. The quantitative estimate of drug-likeness (QED) is 0.515. The van der Waals surface area contributed by atoms with Crippen LogP contribution in [-0.2, 0) is 20.9 Å². The molecule has 1 saturated carbocycles. The van der Waals surface area contributed by atoms with E-state index in [4.69, 9.17) is 9.47 Å². The molecule has 0 heterocycles. The Hall–Kier alpha value is -2.77. The Morgan fingerprint density at radius 3 is 2.28 bits per heavy atom. The molecule has 0 spiro atoms. The van der Waals surface area contributed by atoms with Gasteiger partial charge in [0.05, 0.1) is 5.92 Å². The third-order valence-corrected chi connectivity index (χ3v) is 4.63. The van der Waals surface area contributed by atoms with Crippen LogP contribution in [0.5, 0.6) is 0 Å². The number of rotatable bonds is 5. The molecular formula is C21H31N3O5. The van der Waals surface area contributed by atoms with E-state index in [-0.39, 0.29) is 11.9 Å². The highest BCUT2D eigenvalue weighted by Crippen LogP contribution is 2.29. The standard InChI is InChI=1S/C21H31N3O5/c1-21(2,3)29-20(27)24-23-19(26)22-13-15-9-11-17(12-10-15)18(25)28-14-16-7-5-4-6-8-16/h4-8,15,17H,9-14H2,1-3H3,(H,24,27)(H2,22,23,26)/t15-,17-. The van der Waals surface area contributed by atoms with E-state index < -0.39 is 17.7 Å². The minimum atomic E-state index is -0.720. The molecule has 0 saturated heterocycles.